The highest BCUT2D eigenvalue weighted by Crippen LogP contribution is 2.26. The molecule has 0 atom stereocenters. The van der Waals surface area contributed by atoms with Gasteiger partial charge in [-0.05, 0) is 30.7 Å². The van der Waals surface area contributed by atoms with E-state index in [2.05, 4.69) is 15.5 Å². The Morgan fingerprint density at radius 2 is 1.78 bits per heavy atom. The molecule has 0 amide bonds. The van der Waals surface area contributed by atoms with Crippen LogP contribution in [0.4, 0.5) is 5.69 Å². The number of nitrogens with zero attached hydrogens (tertiary/aromatic N) is 5. The summed E-state index contributed by atoms with van der Waals surface area (Å²) in [7, 11) is 0. The summed E-state index contributed by atoms with van der Waals surface area (Å²) in [5, 5.41) is 33.8. The van der Waals surface area contributed by atoms with Gasteiger partial charge in [0.1, 0.15) is 23.9 Å². The summed E-state index contributed by atoms with van der Waals surface area (Å²) in [4.78, 5) is 4.43. The fourth-order valence-corrected chi connectivity index (χ4v) is 2.43. The topological polar surface area (TPSA) is 122 Å². The molecular formula is C20H12N6O. The van der Waals surface area contributed by atoms with E-state index in [-0.39, 0.29) is 11.3 Å². The predicted molar refractivity (Wildman–Crippen MR) is 97.4 cm³/mol. The summed E-state index contributed by atoms with van der Waals surface area (Å²) in [5.74, 6) is 0.801. The van der Waals surface area contributed by atoms with E-state index >= 15 is 0 Å². The van der Waals surface area contributed by atoms with Crippen molar-refractivity contribution in [3.63, 3.8) is 0 Å². The summed E-state index contributed by atoms with van der Waals surface area (Å²) in [6.07, 6.45) is 0. The number of benzene rings is 2. The molecule has 128 valence electrons. The highest BCUT2D eigenvalue weighted by Gasteiger charge is 2.13. The van der Waals surface area contributed by atoms with Crippen LogP contribution in [0.15, 0.2) is 64.3 Å². The molecule has 1 heterocycles. The van der Waals surface area contributed by atoms with Crippen molar-refractivity contribution in [3.05, 3.63) is 65.4 Å². The lowest BCUT2D eigenvalue weighted by Gasteiger charge is -2.05. The maximum absolute atomic E-state index is 9.15. The smallest absolute Gasteiger partial charge is 0.258 e. The van der Waals surface area contributed by atoms with Crippen LogP contribution in [-0.2, 0) is 0 Å². The summed E-state index contributed by atoms with van der Waals surface area (Å²) >= 11 is 0. The lowest BCUT2D eigenvalue weighted by atomic mass is 10.1. The van der Waals surface area contributed by atoms with Gasteiger partial charge in [0, 0.05) is 16.8 Å². The van der Waals surface area contributed by atoms with Gasteiger partial charge >= 0.3 is 0 Å². The van der Waals surface area contributed by atoms with Crippen molar-refractivity contribution in [1.82, 2.24) is 10.1 Å². The van der Waals surface area contributed by atoms with Crippen LogP contribution in [0.1, 0.15) is 5.56 Å². The van der Waals surface area contributed by atoms with Gasteiger partial charge in [-0.2, -0.15) is 20.8 Å². The third-order valence-electron chi connectivity index (χ3n) is 3.78. The maximum Gasteiger partial charge on any atom is 0.258 e. The van der Waals surface area contributed by atoms with Crippen LogP contribution >= 0.6 is 0 Å². The molecule has 0 spiro atoms. The quantitative estimate of drug-likeness (QED) is 0.705. The SMILES string of the molecule is Cc1ccccc1-c1noc(-c2cccc(NC(C#N)=C(C#N)C#N)c2)n1. The number of rotatable bonds is 4. The van der Waals surface area contributed by atoms with Crippen LogP contribution < -0.4 is 5.32 Å². The number of aromatic nitrogens is 2. The minimum atomic E-state index is -0.289. The van der Waals surface area contributed by atoms with Gasteiger partial charge in [-0.15, -0.1) is 0 Å². The number of aryl methyl sites for hydroxylation is 1. The average Bonchev–Trinajstić information content (AvgIpc) is 3.18. The van der Waals surface area contributed by atoms with Gasteiger partial charge in [0.2, 0.25) is 5.82 Å². The summed E-state index contributed by atoms with van der Waals surface area (Å²) < 4.78 is 5.37. The fourth-order valence-electron chi connectivity index (χ4n) is 2.43. The van der Waals surface area contributed by atoms with Gasteiger partial charge in [0.15, 0.2) is 5.57 Å². The average molecular weight is 352 g/mol. The molecule has 3 rings (SSSR count). The zero-order valence-corrected chi connectivity index (χ0v) is 14.3. The molecule has 1 N–H and O–H groups in total. The Labute approximate surface area is 155 Å². The molecule has 0 aliphatic rings. The van der Waals surface area contributed by atoms with Gasteiger partial charge in [-0.1, -0.05) is 35.5 Å². The van der Waals surface area contributed by atoms with Crippen molar-refractivity contribution in [3.8, 4) is 41.0 Å². The van der Waals surface area contributed by atoms with E-state index in [4.69, 9.17) is 20.3 Å². The minimum Gasteiger partial charge on any atom is -0.345 e. The van der Waals surface area contributed by atoms with Crippen molar-refractivity contribution in [2.75, 3.05) is 5.32 Å². The summed E-state index contributed by atoms with van der Waals surface area (Å²) in [6, 6.07) is 19.8. The van der Waals surface area contributed by atoms with E-state index in [0.29, 0.717) is 23.0 Å². The Bertz CT molecular complexity index is 1140. The second-order valence-electron chi connectivity index (χ2n) is 5.53. The molecule has 7 nitrogen and oxygen atoms in total. The van der Waals surface area contributed by atoms with Gasteiger partial charge < -0.3 is 9.84 Å². The molecular weight excluding hydrogens is 340 g/mol. The number of nitriles is 3. The standard InChI is InChI=1S/C20H12N6O/c1-13-5-2-3-8-17(13)19-25-20(27-26-19)14-6-4-7-16(9-14)24-18(12-23)15(10-21)11-22/h2-9,24H,1H3. The molecule has 1 aromatic heterocycles. The van der Waals surface area contributed by atoms with Crippen molar-refractivity contribution >= 4 is 5.69 Å². The van der Waals surface area contributed by atoms with Crippen LogP contribution in [-0.4, -0.2) is 10.1 Å². The Hall–Kier alpha value is -4.41. The van der Waals surface area contributed by atoms with Gasteiger partial charge in [0.25, 0.3) is 5.89 Å². The molecule has 7 heteroatoms. The van der Waals surface area contributed by atoms with Crippen LogP contribution in [0.2, 0.25) is 0 Å². The molecule has 0 aliphatic carbocycles. The molecule has 3 aromatic rings. The van der Waals surface area contributed by atoms with Crippen LogP contribution in [0.25, 0.3) is 22.8 Å². The van der Waals surface area contributed by atoms with Gasteiger partial charge in [-0.25, -0.2) is 0 Å². The van der Waals surface area contributed by atoms with E-state index in [1.807, 2.05) is 37.3 Å². The lowest BCUT2D eigenvalue weighted by molar-refractivity contribution is 0.432. The first-order valence-corrected chi connectivity index (χ1v) is 7.88. The number of hydrogen-bond donors (Lipinski definition) is 1. The zero-order chi connectivity index (χ0) is 19.2. The van der Waals surface area contributed by atoms with Crippen molar-refractivity contribution in [1.29, 1.82) is 15.8 Å². The molecule has 0 fully saturated rings. The monoisotopic (exact) mass is 352 g/mol. The molecule has 0 unspecified atom stereocenters. The highest BCUT2D eigenvalue weighted by atomic mass is 16.5. The Morgan fingerprint density at radius 1 is 1.00 bits per heavy atom. The van der Waals surface area contributed by atoms with Crippen LogP contribution in [0, 0.1) is 40.9 Å². The maximum atomic E-state index is 9.15. The number of anilines is 1. The molecule has 0 radical (unpaired) electrons. The van der Waals surface area contributed by atoms with E-state index < -0.39 is 0 Å². The first-order valence-electron chi connectivity index (χ1n) is 7.88. The second kappa shape index (κ2) is 7.65. The van der Waals surface area contributed by atoms with Crippen molar-refractivity contribution in [2.45, 2.75) is 6.92 Å². The van der Waals surface area contributed by atoms with Crippen LogP contribution in [0.3, 0.4) is 0 Å². The third kappa shape index (κ3) is 3.66. The Morgan fingerprint density at radius 3 is 2.48 bits per heavy atom. The highest BCUT2D eigenvalue weighted by molar-refractivity contribution is 5.67. The number of hydrogen-bond acceptors (Lipinski definition) is 7. The molecule has 0 saturated carbocycles. The largest absolute Gasteiger partial charge is 0.345 e. The summed E-state index contributed by atoms with van der Waals surface area (Å²) in [6.45, 7) is 1.97. The zero-order valence-electron chi connectivity index (χ0n) is 14.3. The van der Waals surface area contributed by atoms with Gasteiger partial charge in [0.05, 0.1) is 0 Å². The first kappa shape index (κ1) is 17.4. The summed E-state index contributed by atoms with van der Waals surface area (Å²) in [5.41, 5.74) is 2.65. The van der Waals surface area contributed by atoms with Crippen LogP contribution in [0.5, 0.6) is 0 Å². The second-order valence-corrected chi connectivity index (χ2v) is 5.53. The third-order valence-corrected chi connectivity index (χ3v) is 3.78. The molecule has 27 heavy (non-hydrogen) atoms. The number of allylic oxidation sites excluding steroid dienone is 2. The molecule has 0 saturated heterocycles. The van der Waals surface area contributed by atoms with E-state index in [0.717, 1.165) is 11.1 Å². The molecule has 0 bridgehead atoms. The van der Waals surface area contributed by atoms with Crippen molar-refractivity contribution in [2.24, 2.45) is 0 Å². The molecule has 2 aromatic carbocycles. The molecule has 0 aliphatic heterocycles. The van der Waals surface area contributed by atoms with E-state index in [1.165, 1.54) is 0 Å². The Kier molecular flexibility index (Phi) is 4.93. The van der Waals surface area contributed by atoms with Crippen molar-refractivity contribution < 1.29 is 4.52 Å². The Balaban J connectivity index is 1.93. The number of nitrogens with one attached hydrogen (secondary N) is 1. The first-order chi connectivity index (χ1) is 13.2. The normalized spacial score (nSPS) is 9.56. The van der Waals surface area contributed by atoms with E-state index in [1.54, 1.807) is 36.4 Å². The van der Waals surface area contributed by atoms with E-state index in [9.17, 15) is 0 Å². The lowest BCUT2D eigenvalue weighted by Crippen LogP contribution is -2.00. The minimum absolute atomic E-state index is 0.122. The fraction of sp³-hybridized carbons (Fsp3) is 0.0500. The van der Waals surface area contributed by atoms with Gasteiger partial charge in [-0.3, -0.25) is 0 Å². The predicted octanol–water partition coefficient (Wildman–Crippen LogP) is 3.95.